The van der Waals surface area contributed by atoms with Gasteiger partial charge >= 0.3 is 18.1 Å². The number of amides is 7. The van der Waals surface area contributed by atoms with Crippen LogP contribution in [0.25, 0.3) is 21.7 Å². The third kappa shape index (κ3) is 17.7. The maximum Gasteiger partial charge on any atom is 0.413 e. The zero-order chi connectivity index (χ0) is 74.8. The number of carboxylic acids is 1. The quantitative estimate of drug-likeness (QED) is 0.0156. The minimum absolute atomic E-state index is 0.0197. The van der Waals surface area contributed by atoms with Crippen LogP contribution in [0.2, 0.25) is 0 Å². The van der Waals surface area contributed by atoms with E-state index in [0.717, 1.165) is 59.9 Å². The van der Waals surface area contributed by atoms with E-state index >= 15 is 0 Å². The summed E-state index contributed by atoms with van der Waals surface area (Å²) in [5.41, 5.74) is 11.7. The number of carbonyl (C=O) groups is 7. The summed E-state index contributed by atoms with van der Waals surface area (Å²) in [6.45, 7) is 15.6. The molecule has 31 heteroatoms. The molecule has 8 heterocycles. The van der Waals surface area contributed by atoms with Gasteiger partial charge in [-0.15, -0.1) is 21.5 Å². The Kier molecular flexibility index (Phi) is 23.9. The molecule has 1 saturated carbocycles. The van der Waals surface area contributed by atoms with Gasteiger partial charge in [-0.25, -0.2) is 19.6 Å². The number of benzene rings is 3. The first-order valence-corrected chi connectivity index (χ1v) is 37.0. The van der Waals surface area contributed by atoms with Crippen LogP contribution < -0.4 is 51.6 Å². The molecule has 5 aliphatic rings. The number of aliphatic hydroxyl groups excluding tert-OH is 1. The number of thiazole rings is 1. The Balaban J connectivity index is 0.597. The number of carbonyl (C=O) groups excluding carboxylic acids is 6. The minimum Gasteiger partial charge on any atom is -0.507 e. The van der Waals surface area contributed by atoms with Gasteiger partial charge in [-0.1, -0.05) is 68.8 Å². The second-order valence-electron chi connectivity index (χ2n) is 28.3. The number of aliphatic carboxylic acids is 1. The molecular formula is C75H92N16O14S. The molecule has 10 N–H and O–H groups in total. The smallest absolute Gasteiger partial charge is 0.413 e. The van der Waals surface area contributed by atoms with Crippen LogP contribution in [0.1, 0.15) is 114 Å². The van der Waals surface area contributed by atoms with Gasteiger partial charge in [0.1, 0.15) is 49.0 Å². The summed E-state index contributed by atoms with van der Waals surface area (Å²) in [4.78, 5) is 113. The van der Waals surface area contributed by atoms with Gasteiger partial charge in [0.15, 0.2) is 11.6 Å². The number of piperazine rings is 2. The summed E-state index contributed by atoms with van der Waals surface area (Å²) >= 11 is 1.58. The third-order valence-corrected chi connectivity index (χ3v) is 21.7. The van der Waals surface area contributed by atoms with Crippen LogP contribution in [0.4, 0.5) is 32.5 Å². The van der Waals surface area contributed by atoms with Crippen molar-refractivity contribution in [3.05, 3.63) is 131 Å². The van der Waals surface area contributed by atoms with Crippen molar-refractivity contribution in [3.8, 4) is 39.2 Å². The average molecular weight is 1470 g/mol. The fourth-order valence-corrected chi connectivity index (χ4v) is 15.6. The maximum absolute atomic E-state index is 14.4. The number of fused-ring (bicyclic) bond motifs is 2. The number of nitrogens with zero attached hydrogens (tertiary/aromatic N) is 10. The van der Waals surface area contributed by atoms with Gasteiger partial charge in [-0.05, 0) is 123 Å². The SMILES string of the molecule is Cc1ncsc1-c1ccc(C(C)NC(=O)C2CC(O)CN2C(=O)C(c2cc(OCCN3CCN(CCOc4cc(N5C6CCC5CN(c5cc(-c7ccccc7O)nnc5NC(=O)OCc5ccc(NC(=O)C(CCCNC(N)=O)NC(=O)C7(C(=O)O)CCC7)cc5)C6)ccn4)C(C)C3)no2)C(C)C)cc1. The number of ether oxygens (including phenoxy) is 3. The van der Waals surface area contributed by atoms with Crippen molar-refractivity contribution in [2.75, 3.05) is 92.5 Å². The predicted molar refractivity (Wildman–Crippen MR) is 394 cm³/mol. The number of urea groups is 1. The summed E-state index contributed by atoms with van der Waals surface area (Å²) in [5.74, 6) is -2.95. The summed E-state index contributed by atoms with van der Waals surface area (Å²) in [7, 11) is 0. The number of carboxylic acid groups (broad SMARTS) is 1. The monoisotopic (exact) mass is 1470 g/mol. The number of para-hydroxylation sites is 1. The second kappa shape index (κ2) is 33.7. The lowest BCUT2D eigenvalue weighted by Gasteiger charge is -2.43. The molecule has 0 spiro atoms. The highest BCUT2D eigenvalue weighted by molar-refractivity contribution is 7.13. The molecule has 106 heavy (non-hydrogen) atoms. The first kappa shape index (κ1) is 75.2. The van der Waals surface area contributed by atoms with Crippen LogP contribution in [0.15, 0.2) is 113 Å². The number of aromatic nitrogens is 5. The molecule has 2 bridgehead atoms. The number of β-amino-alcohol motifs (C(OH)–C–C–N with tert-alkyl or cyclic N) is 1. The molecule has 1 aliphatic carbocycles. The Labute approximate surface area is 617 Å². The molecule has 562 valence electrons. The molecule has 30 nitrogen and oxygen atoms in total. The molecule has 8 unspecified atom stereocenters. The Morgan fingerprint density at radius 3 is 2.26 bits per heavy atom. The first-order valence-electron chi connectivity index (χ1n) is 36.1. The Morgan fingerprint density at radius 1 is 0.830 bits per heavy atom. The molecule has 4 aliphatic heterocycles. The van der Waals surface area contributed by atoms with E-state index in [2.05, 4.69) is 78.4 Å². The molecule has 5 fully saturated rings. The number of aromatic hydroxyl groups is 1. The van der Waals surface area contributed by atoms with Crippen molar-refractivity contribution in [2.45, 2.75) is 141 Å². The predicted octanol–water partition coefficient (Wildman–Crippen LogP) is 7.44. The number of nitrogens with one attached hydrogen (secondary N) is 5. The number of primary amides is 1. The van der Waals surface area contributed by atoms with Crippen molar-refractivity contribution >= 4 is 75.9 Å². The van der Waals surface area contributed by atoms with Crippen LogP contribution in [-0.4, -0.2) is 205 Å². The highest BCUT2D eigenvalue weighted by Crippen LogP contribution is 2.43. The van der Waals surface area contributed by atoms with E-state index in [1.807, 2.05) is 75.7 Å². The number of aryl methyl sites for hydroxylation is 1. The van der Waals surface area contributed by atoms with Crippen molar-refractivity contribution in [2.24, 2.45) is 17.1 Å². The van der Waals surface area contributed by atoms with Crippen molar-refractivity contribution in [3.63, 3.8) is 0 Å². The minimum atomic E-state index is -1.60. The van der Waals surface area contributed by atoms with Crippen molar-refractivity contribution in [1.82, 2.24) is 56.0 Å². The van der Waals surface area contributed by atoms with Gasteiger partial charge in [0.2, 0.25) is 29.5 Å². The van der Waals surface area contributed by atoms with Gasteiger partial charge in [0.25, 0.3) is 5.88 Å². The van der Waals surface area contributed by atoms with Crippen LogP contribution in [0.3, 0.4) is 0 Å². The highest BCUT2D eigenvalue weighted by atomic mass is 32.1. The second-order valence-corrected chi connectivity index (χ2v) is 29.2. The molecule has 12 rings (SSSR count). The number of nitrogens with two attached hydrogens (primary N) is 1. The van der Waals surface area contributed by atoms with Gasteiger partial charge in [0, 0.05) is 119 Å². The lowest BCUT2D eigenvalue weighted by atomic mass is 9.68. The normalized spacial score (nSPS) is 20.0. The summed E-state index contributed by atoms with van der Waals surface area (Å²) in [5, 5.41) is 58.3. The number of phenols is 1. The van der Waals surface area contributed by atoms with Crippen LogP contribution in [0.5, 0.6) is 17.5 Å². The van der Waals surface area contributed by atoms with Gasteiger partial charge < -0.3 is 75.8 Å². The Hall–Kier alpha value is -10.5. The number of pyridine rings is 1. The average Bonchev–Trinajstić information content (AvgIpc) is 1.44. The number of anilines is 4. The zero-order valence-corrected chi connectivity index (χ0v) is 60.8. The molecule has 4 saturated heterocycles. The fourth-order valence-electron chi connectivity index (χ4n) is 14.8. The largest absolute Gasteiger partial charge is 0.507 e. The maximum atomic E-state index is 14.4. The number of rotatable bonds is 30. The lowest BCUT2D eigenvalue weighted by molar-refractivity contribution is -0.162. The van der Waals surface area contributed by atoms with Crippen LogP contribution >= 0.6 is 11.3 Å². The summed E-state index contributed by atoms with van der Waals surface area (Å²) in [6, 6.07) is 26.0. The van der Waals surface area contributed by atoms with Gasteiger partial charge in [0.05, 0.1) is 39.6 Å². The van der Waals surface area contributed by atoms with E-state index in [1.54, 1.807) is 72.1 Å². The van der Waals surface area contributed by atoms with Gasteiger partial charge in [-0.2, -0.15) is 0 Å². The topological polar surface area (TPSA) is 388 Å². The van der Waals surface area contributed by atoms with Gasteiger partial charge in [-0.3, -0.25) is 39.1 Å². The fraction of sp³-hybridized carbons (Fsp3) is 0.467. The number of phenolic OH excluding ortho intramolecular Hbond substituents is 1. The molecule has 7 amide bonds. The van der Waals surface area contributed by atoms with Crippen molar-refractivity contribution < 1.29 is 67.6 Å². The van der Waals surface area contributed by atoms with E-state index in [1.165, 1.54) is 4.90 Å². The molecule has 8 atom stereocenters. The van der Waals surface area contributed by atoms with E-state index in [0.29, 0.717) is 85.6 Å². The number of aliphatic hydroxyl groups is 1. The molecular weight excluding hydrogens is 1380 g/mol. The van der Waals surface area contributed by atoms with E-state index in [9.17, 15) is 48.9 Å². The number of likely N-dealkylation sites (tertiary alicyclic amines) is 1. The third-order valence-electron chi connectivity index (χ3n) is 20.8. The van der Waals surface area contributed by atoms with E-state index in [4.69, 9.17) is 24.5 Å². The lowest BCUT2D eigenvalue weighted by Crippen LogP contribution is -2.55. The van der Waals surface area contributed by atoms with Crippen LogP contribution in [-0.2, 0) is 35.3 Å². The summed E-state index contributed by atoms with van der Waals surface area (Å²) in [6.07, 6.45) is 3.27. The Bertz CT molecular complexity index is 4260. The number of hydrogen-bond donors (Lipinski definition) is 9. The standard InChI is InChI=1S/C75H92N16O14S/c1-44(2)65(70(96)90-41-55(92)35-60(90)69(95)80-46(4)49-15-17-50(18-16-49)66-47(5)79-43-106-66)62-37-64(86-105-62)103-32-30-87-28-29-88(45(3)38-87)31-33-102-63-34-52(23-27-77-63)91-53-21-22-54(91)40-89(39-53)59-36-58(56-10-6-7-12-61(56)93)84-85-67(59)83-74(101)104-42-48-13-19-51(20-14-48)81-68(94)57(11-8-26-78-73(76)100)82-71(97)75(72(98)99)24-9-25-75/h6-7,10,12-20,23,27,34,36-37,43-46,53-55,57,60,65,92-93H,8-9,11,21-22,24-26,28-33,35,38-42H2,1-5H3,(H,80,95)(H,81,94)(H,82,97)(H,98,99)(H3,76,78,100)(H,83,85,101). The number of hydrogen-bond acceptors (Lipinski definition) is 23. The van der Waals surface area contributed by atoms with E-state index < -0.39 is 59.4 Å². The molecule has 0 radical (unpaired) electrons. The Morgan fingerprint density at radius 2 is 1.58 bits per heavy atom. The van der Waals surface area contributed by atoms with Crippen LogP contribution in [0, 0.1) is 18.3 Å². The molecule has 7 aromatic rings. The van der Waals surface area contributed by atoms with E-state index in [-0.39, 0.29) is 111 Å². The highest BCUT2D eigenvalue weighted by Gasteiger charge is 2.52. The van der Waals surface area contributed by atoms with Crippen molar-refractivity contribution in [1.29, 1.82) is 0 Å². The molecule has 3 aromatic carbocycles. The first-order chi connectivity index (χ1) is 51.1. The summed E-state index contributed by atoms with van der Waals surface area (Å²) < 4.78 is 23.9. The molecule has 4 aromatic heterocycles. The zero-order valence-electron chi connectivity index (χ0n) is 60.0.